The Balaban J connectivity index is 2.26. The van der Waals surface area contributed by atoms with Gasteiger partial charge in [-0.25, -0.2) is 0 Å². The van der Waals surface area contributed by atoms with Gasteiger partial charge in [0.05, 0.1) is 6.42 Å². The number of nitrogens with zero attached hydrogens (tertiary/aromatic N) is 1. The predicted octanol–water partition coefficient (Wildman–Crippen LogP) is 1.31. The summed E-state index contributed by atoms with van der Waals surface area (Å²) < 4.78 is 5.29. The Hall–Kier alpha value is -0.260. The molecule has 1 unspecified atom stereocenters. The molecule has 0 saturated carbocycles. The van der Waals surface area contributed by atoms with Crippen LogP contribution >= 0.6 is 11.8 Å². The molecule has 0 amide bonds. The zero-order valence-corrected chi connectivity index (χ0v) is 10.7. The smallest absolute Gasteiger partial charge is 0.304 e. The van der Waals surface area contributed by atoms with E-state index < -0.39 is 5.97 Å². The molecule has 4 nitrogen and oxygen atoms in total. The first kappa shape index (κ1) is 13.8. The molecule has 0 aliphatic carbocycles. The number of thioether (sulfide) groups is 1. The average molecular weight is 247 g/mol. The number of hydrogen-bond donors (Lipinski definition) is 1. The molecular weight excluding hydrogens is 226 g/mol. The highest BCUT2D eigenvalue weighted by Crippen LogP contribution is 2.19. The third-order valence-corrected chi connectivity index (χ3v) is 3.79. The summed E-state index contributed by atoms with van der Waals surface area (Å²) in [5.41, 5.74) is 0. The minimum absolute atomic E-state index is 0.206. The normalized spacial score (nSPS) is 22.2. The van der Waals surface area contributed by atoms with E-state index in [-0.39, 0.29) is 12.5 Å². The minimum atomic E-state index is -0.692. The van der Waals surface area contributed by atoms with Gasteiger partial charge in [-0.3, -0.25) is 9.69 Å². The molecule has 1 aliphatic heterocycles. The van der Waals surface area contributed by atoms with E-state index in [9.17, 15) is 4.79 Å². The lowest BCUT2D eigenvalue weighted by atomic mass is 10.2. The van der Waals surface area contributed by atoms with Crippen molar-refractivity contribution in [3.05, 3.63) is 0 Å². The Bertz CT molecular complexity index is 213. The van der Waals surface area contributed by atoms with E-state index in [4.69, 9.17) is 9.84 Å². The van der Waals surface area contributed by atoms with Gasteiger partial charge in [0.25, 0.3) is 0 Å². The van der Waals surface area contributed by atoms with Crippen molar-refractivity contribution in [2.24, 2.45) is 0 Å². The van der Waals surface area contributed by atoms with Crippen LogP contribution in [0.15, 0.2) is 0 Å². The van der Waals surface area contributed by atoms with Gasteiger partial charge in [0.15, 0.2) is 0 Å². The Morgan fingerprint density at radius 1 is 1.62 bits per heavy atom. The number of carboxylic acid groups (broad SMARTS) is 1. The van der Waals surface area contributed by atoms with Crippen molar-refractivity contribution in [1.82, 2.24) is 4.90 Å². The van der Waals surface area contributed by atoms with Crippen molar-refractivity contribution < 1.29 is 14.6 Å². The summed E-state index contributed by atoms with van der Waals surface area (Å²) in [6.45, 7) is 5.49. The third-order valence-electron chi connectivity index (χ3n) is 2.70. The van der Waals surface area contributed by atoms with Crippen molar-refractivity contribution in [3.8, 4) is 0 Å². The van der Waals surface area contributed by atoms with E-state index in [0.29, 0.717) is 0 Å². The van der Waals surface area contributed by atoms with Crippen LogP contribution in [0, 0.1) is 0 Å². The predicted molar refractivity (Wildman–Crippen MR) is 66.0 cm³/mol. The Morgan fingerprint density at radius 3 is 3.12 bits per heavy atom. The Kier molecular flexibility index (Phi) is 6.84. The molecule has 5 heteroatoms. The van der Waals surface area contributed by atoms with Gasteiger partial charge in [-0.05, 0) is 13.3 Å². The fourth-order valence-corrected chi connectivity index (χ4v) is 3.02. The van der Waals surface area contributed by atoms with E-state index in [2.05, 4.69) is 4.90 Å². The van der Waals surface area contributed by atoms with Gasteiger partial charge < -0.3 is 9.84 Å². The topological polar surface area (TPSA) is 49.8 Å². The highest BCUT2D eigenvalue weighted by atomic mass is 32.2. The van der Waals surface area contributed by atoms with Crippen LogP contribution in [0.4, 0.5) is 0 Å². The van der Waals surface area contributed by atoms with Crippen LogP contribution in [0.2, 0.25) is 0 Å². The first-order valence-electron chi connectivity index (χ1n) is 5.85. The molecule has 1 aliphatic rings. The van der Waals surface area contributed by atoms with Crippen molar-refractivity contribution in [2.45, 2.75) is 25.8 Å². The van der Waals surface area contributed by atoms with Crippen LogP contribution in [0.3, 0.4) is 0 Å². The number of hydrogen-bond acceptors (Lipinski definition) is 4. The second-order valence-electron chi connectivity index (χ2n) is 3.91. The molecule has 1 saturated heterocycles. The SMILES string of the molecule is CCOCCCN1CCSCC1CC(=O)O. The molecule has 1 fully saturated rings. The summed E-state index contributed by atoms with van der Waals surface area (Å²) >= 11 is 1.86. The van der Waals surface area contributed by atoms with Crippen LogP contribution in [0.1, 0.15) is 19.8 Å². The van der Waals surface area contributed by atoms with Gasteiger partial charge in [0.1, 0.15) is 0 Å². The van der Waals surface area contributed by atoms with Gasteiger partial charge in [-0.1, -0.05) is 0 Å². The number of carboxylic acids is 1. The Morgan fingerprint density at radius 2 is 2.44 bits per heavy atom. The summed E-state index contributed by atoms with van der Waals surface area (Å²) in [5, 5.41) is 8.83. The summed E-state index contributed by atoms with van der Waals surface area (Å²) in [4.78, 5) is 13.0. The molecule has 1 N–H and O–H groups in total. The number of aliphatic carboxylic acids is 1. The molecule has 1 heterocycles. The fourth-order valence-electron chi connectivity index (χ4n) is 1.89. The summed E-state index contributed by atoms with van der Waals surface area (Å²) in [5.74, 6) is 1.37. The van der Waals surface area contributed by atoms with Gasteiger partial charge in [0.2, 0.25) is 0 Å². The lowest BCUT2D eigenvalue weighted by Crippen LogP contribution is -2.44. The van der Waals surface area contributed by atoms with Crippen LogP contribution in [-0.2, 0) is 9.53 Å². The minimum Gasteiger partial charge on any atom is -0.481 e. The molecule has 0 aromatic heterocycles. The monoisotopic (exact) mass is 247 g/mol. The largest absolute Gasteiger partial charge is 0.481 e. The van der Waals surface area contributed by atoms with Gasteiger partial charge >= 0.3 is 5.97 Å². The highest BCUT2D eigenvalue weighted by molar-refractivity contribution is 7.99. The molecule has 0 radical (unpaired) electrons. The molecule has 1 rings (SSSR count). The Labute approximate surface area is 101 Å². The van der Waals surface area contributed by atoms with Gasteiger partial charge in [-0.15, -0.1) is 0 Å². The maximum absolute atomic E-state index is 10.7. The lowest BCUT2D eigenvalue weighted by molar-refractivity contribution is -0.138. The molecule has 0 aromatic rings. The highest BCUT2D eigenvalue weighted by Gasteiger charge is 2.24. The zero-order chi connectivity index (χ0) is 11.8. The molecular formula is C11H21NO3S. The second kappa shape index (κ2) is 7.92. The van der Waals surface area contributed by atoms with E-state index in [1.807, 2.05) is 18.7 Å². The molecule has 0 aromatic carbocycles. The first-order chi connectivity index (χ1) is 7.74. The van der Waals surface area contributed by atoms with E-state index in [1.165, 1.54) is 0 Å². The number of carbonyl (C=O) groups is 1. The third kappa shape index (κ3) is 5.18. The van der Waals surface area contributed by atoms with E-state index in [0.717, 1.165) is 44.2 Å². The van der Waals surface area contributed by atoms with Crippen LogP contribution < -0.4 is 0 Å². The second-order valence-corrected chi connectivity index (χ2v) is 5.06. The fraction of sp³-hybridized carbons (Fsp3) is 0.909. The maximum atomic E-state index is 10.7. The molecule has 0 spiro atoms. The van der Waals surface area contributed by atoms with Crippen molar-refractivity contribution in [3.63, 3.8) is 0 Å². The molecule has 94 valence electrons. The summed E-state index contributed by atoms with van der Waals surface area (Å²) in [6.07, 6.45) is 1.26. The molecule has 1 atom stereocenters. The number of rotatable bonds is 7. The van der Waals surface area contributed by atoms with Crippen LogP contribution in [-0.4, -0.2) is 59.8 Å². The number of ether oxygens (including phenoxy) is 1. The van der Waals surface area contributed by atoms with Crippen molar-refractivity contribution >= 4 is 17.7 Å². The van der Waals surface area contributed by atoms with Crippen LogP contribution in [0.25, 0.3) is 0 Å². The van der Waals surface area contributed by atoms with Gasteiger partial charge in [-0.2, -0.15) is 11.8 Å². The zero-order valence-electron chi connectivity index (χ0n) is 9.85. The van der Waals surface area contributed by atoms with Crippen molar-refractivity contribution in [1.29, 1.82) is 0 Å². The quantitative estimate of drug-likeness (QED) is 0.687. The first-order valence-corrected chi connectivity index (χ1v) is 7.00. The summed E-state index contributed by atoms with van der Waals surface area (Å²) in [6, 6.07) is 0.206. The van der Waals surface area contributed by atoms with E-state index in [1.54, 1.807) is 0 Å². The maximum Gasteiger partial charge on any atom is 0.304 e. The van der Waals surface area contributed by atoms with Gasteiger partial charge in [0, 0.05) is 43.9 Å². The van der Waals surface area contributed by atoms with Crippen molar-refractivity contribution in [2.75, 3.05) is 37.8 Å². The van der Waals surface area contributed by atoms with E-state index >= 15 is 0 Å². The molecule has 0 bridgehead atoms. The van der Waals surface area contributed by atoms with Crippen LogP contribution in [0.5, 0.6) is 0 Å². The molecule has 16 heavy (non-hydrogen) atoms. The average Bonchev–Trinajstić information content (AvgIpc) is 2.26. The lowest BCUT2D eigenvalue weighted by Gasteiger charge is -2.34. The summed E-state index contributed by atoms with van der Waals surface area (Å²) in [7, 11) is 0. The standard InChI is InChI=1S/C11H21NO3S/c1-2-15-6-3-4-12-5-7-16-9-10(12)8-11(13)14/h10H,2-9H2,1H3,(H,13,14).